The van der Waals surface area contributed by atoms with Crippen LogP contribution in [0.4, 0.5) is 17.6 Å². The summed E-state index contributed by atoms with van der Waals surface area (Å²) < 4.78 is 66.4. The summed E-state index contributed by atoms with van der Waals surface area (Å²) in [5, 5.41) is 13.2. The van der Waals surface area contributed by atoms with E-state index in [1.807, 2.05) is 4.90 Å². The third kappa shape index (κ3) is 5.70. The van der Waals surface area contributed by atoms with E-state index in [4.69, 9.17) is 9.26 Å². The van der Waals surface area contributed by atoms with Crippen molar-refractivity contribution in [3.8, 4) is 5.75 Å². The van der Waals surface area contributed by atoms with E-state index < -0.39 is 35.9 Å². The average Bonchev–Trinajstić information content (AvgIpc) is 3.55. The minimum Gasteiger partial charge on any atom is -0.486 e. The Kier molecular flexibility index (Phi) is 7.43. The number of aliphatic carboxylic acids is 1. The topological polar surface area (TPSA) is 75.8 Å². The molecule has 0 bridgehead atoms. The van der Waals surface area contributed by atoms with E-state index in [0.29, 0.717) is 55.8 Å². The third-order valence-electron chi connectivity index (χ3n) is 7.43. The molecule has 2 aliphatic rings. The molecular weight excluding hydrogens is 504 g/mol. The lowest BCUT2D eigenvalue weighted by Crippen LogP contribution is -2.34. The summed E-state index contributed by atoms with van der Waals surface area (Å²) in [5.41, 5.74) is 2.27. The summed E-state index contributed by atoms with van der Waals surface area (Å²) >= 11 is 0. The number of hydrogen-bond acceptors (Lipinski definition) is 5. The van der Waals surface area contributed by atoms with Gasteiger partial charge in [-0.15, -0.1) is 0 Å². The van der Waals surface area contributed by atoms with Gasteiger partial charge in [-0.3, -0.25) is 9.69 Å². The molecule has 0 saturated carbocycles. The molecule has 5 rings (SSSR count). The first-order valence-corrected chi connectivity index (χ1v) is 12.7. The van der Waals surface area contributed by atoms with Gasteiger partial charge in [0.1, 0.15) is 24.3 Å². The van der Waals surface area contributed by atoms with Crippen molar-refractivity contribution in [1.82, 2.24) is 10.1 Å². The van der Waals surface area contributed by atoms with Crippen LogP contribution in [0.15, 0.2) is 53.3 Å². The van der Waals surface area contributed by atoms with Gasteiger partial charge in [-0.25, -0.2) is 4.39 Å². The van der Waals surface area contributed by atoms with Gasteiger partial charge in [0.15, 0.2) is 0 Å². The van der Waals surface area contributed by atoms with Crippen molar-refractivity contribution >= 4 is 5.97 Å². The number of alkyl halides is 4. The van der Waals surface area contributed by atoms with Gasteiger partial charge in [0.05, 0.1) is 17.7 Å². The first-order chi connectivity index (χ1) is 18.2. The van der Waals surface area contributed by atoms with Crippen LogP contribution in [0.25, 0.3) is 0 Å². The lowest BCUT2D eigenvalue weighted by Gasteiger charge is -2.30. The van der Waals surface area contributed by atoms with E-state index in [0.717, 1.165) is 17.2 Å². The van der Waals surface area contributed by atoms with Crippen molar-refractivity contribution in [3.05, 3.63) is 82.2 Å². The van der Waals surface area contributed by atoms with Crippen LogP contribution in [0.5, 0.6) is 5.75 Å². The predicted octanol–water partition coefficient (Wildman–Crippen LogP) is 6.30. The van der Waals surface area contributed by atoms with E-state index in [1.165, 1.54) is 12.3 Å². The fourth-order valence-corrected chi connectivity index (χ4v) is 5.50. The van der Waals surface area contributed by atoms with Crippen LogP contribution in [0.2, 0.25) is 0 Å². The number of nitrogens with zero attached hydrogens (tertiary/aromatic N) is 2. The van der Waals surface area contributed by atoms with Gasteiger partial charge in [0.25, 0.3) is 0 Å². The van der Waals surface area contributed by atoms with Crippen molar-refractivity contribution in [2.75, 3.05) is 13.1 Å². The van der Waals surface area contributed by atoms with Gasteiger partial charge in [-0.1, -0.05) is 23.4 Å². The van der Waals surface area contributed by atoms with E-state index in [-0.39, 0.29) is 18.5 Å². The molecule has 1 aliphatic carbocycles. The Hall–Kier alpha value is -3.40. The molecule has 10 heteroatoms. The Balaban J connectivity index is 1.36. The smallest absolute Gasteiger partial charge is 0.416 e. The number of aromatic nitrogens is 1. The molecule has 0 radical (unpaired) electrons. The maximum absolute atomic E-state index is 13.9. The van der Waals surface area contributed by atoms with Crippen LogP contribution in [0, 0.1) is 0 Å². The maximum atomic E-state index is 13.9. The van der Waals surface area contributed by atoms with Crippen molar-refractivity contribution in [2.45, 2.75) is 63.0 Å². The molecule has 1 aromatic heterocycles. The number of rotatable bonds is 8. The number of carboxylic acids is 1. The standard InChI is InChI=1S/C28H28F4N2O4/c29-18-9-12-34(13-10-18)16-23-20-6-8-26(21(20)5-7-24(23)28(30,31)32)38-19-3-1-17(2-4-19)22(15-27(35)36)25-11-14-37-33-25/h1-5,7,11,14,18,22,26H,6,8-10,12-13,15-16H2,(H,35,36)/t22-,26+/m0/s1. The molecule has 202 valence electrons. The number of carboxylic acid groups (broad SMARTS) is 1. The molecule has 0 spiro atoms. The minimum atomic E-state index is -4.48. The van der Waals surface area contributed by atoms with E-state index >= 15 is 0 Å². The van der Waals surface area contributed by atoms with Crippen molar-refractivity contribution in [2.24, 2.45) is 0 Å². The van der Waals surface area contributed by atoms with Gasteiger partial charge < -0.3 is 14.4 Å². The Morgan fingerprint density at radius 2 is 1.84 bits per heavy atom. The van der Waals surface area contributed by atoms with Crippen LogP contribution < -0.4 is 4.74 Å². The van der Waals surface area contributed by atoms with Gasteiger partial charge in [0, 0.05) is 31.6 Å². The van der Waals surface area contributed by atoms with Crippen molar-refractivity contribution in [3.63, 3.8) is 0 Å². The van der Waals surface area contributed by atoms with Crippen LogP contribution in [-0.4, -0.2) is 40.4 Å². The fraction of sp³-hybridized carbons (Fsp3) is 0.429. The molecule has 1 saturated heterocycles. The summed E-state index contributed by atoms with van der Waals surface area (Å²) in [4.78, 5) is 13.3. The lowest BCUT2D eigenvalue weighted by atomic mass is 9.92. The number of ether oxygens (including phenoxy) is 1. The summed E-state index contributed by atoms with van der Waals surface area (Å²) in [7, 11) is 0. The molecular formula is C28H28F4N2O4. The van der Waals surface area contributed by atoms with Gasteiger partial charge in [-0.05, 0) is 66.1 Å². The Bertz CT molecular complexity index is 1250. The van der Waals surface area contributed by atoms with E-state index in [9.17, 15) is 27.5 Å². The molecule has 1 fully saturated rings. The first-order valence-electron chi connectivity index (χ1n) is 12.7. The number of fused-ring (bicyclic) bond motifs is 1. The van der Waals surface area contributed by atoms with E-state index in [2.05, 4.69) is 5.16 Å². The van der Waals surface area contributed by atoms with Crippen LogP contribution in [0.3, 0.4) is 0 Å². The predicted molar refractivity (Wildman–Crippen MR) is 130 cm³/mol. The number of likely N-dealkylation sites (tertiary alicyclic amines) is 1. The molecule has 6 nitrogen and oxygen atoms in total. The highest BCUT2D eigenvalue weighted by Crippen LogP contribution is 2.43. The first kappa shape index (κ1) is 26.2. The lowest BCUT2D eigenvalue weighted by molar-refractivity contribution is -0.139. The summed E-state index contributed by atoms with van der Waals surface area (Å²) in [6, 6.07) is 11.3. The summed E-state index contributed by atoms with van der Waals surface area (Å²) in [6.07, 6.45) is -2.87. The normalized spacial score (nSPS) is 19.3. The molecule has 1 N–H and O–H groups in total. The quantitative estimate of drug-likeness (QED) is 0.343. The van der Waals surface area contributed by atoms with E-state index in [1.54, 1.807) is 30.3 Å². The van der Waals surface area contributed by atoms with Crippen LogP contribution in [-0.2, 0) is 23.9 Å². The van der Waals surface area contributed by atoms with Crippen LogP contribution in [0.1, 0.15) is 71.2 Å². The molecule has 38 heavy (non-hydrogen) atoms. The highest BCUT2D eigenvalue weighted by Gasteiger charge is 2.38. The number of carbonyl (C=O) groups is 1. The average molecular weight is 533 g/mol. The monoisotopic (exact) mass is 532 g/mol. The molecule has 3 aromatic rings. The molecule has 2 atom stereocenters. The number of benzene rings is 2. The van der Waals surface area contributed by atoms with Gasteiger partial charge in [-0.2, -0.15) is 13.2 Å². The van der Waals surface area contributed by atoms with Gasteiger partial charge in [0.2, 0.25) is 0 Å². The number of piperidine rings is 1. The maximum Gasteiger partial charge on any atom is 0.416 e. The third-order valence-corrected chi connectivity index (χ3v) is 7.43. The van der Waals surface area contributed by atoms with Crippen molar-refractivity contribution in [1.29, 1.82) is 0 Å². The summed E-state index contributed by atoms with van der Waals surface area (Å²) in [5.74, 6) is -0.922. The zero-order chi connectivity index (χ0) is 26.9. The molecule has 1 aliphatic heterocycles. The Morgan fingerprint density at radius 3 is 2.47 bits per heavy atom. The highest BCUT2D eigenvalue weighted by molar-refractivity contribution is 5.69. The molecule has 2 heterocycles. The zero-order valence-electron chi connectivity index (χ0n) is 20.6. The second-order valence-electron chi connectivity index (χ2n) is 9.90. The minimum absolute atomic E-state index is 0.138. The molecule has 0 amide bonds. The molecule has 2 aromatic carbocycles. The van der Waals surface area contributed by atoms with Crippen LogP contribution >= 0.6 is 0 Å². The second-order valence-corrected chi connectivity index (χ2v) is 9.90. The zero-order valence-corrected chi connectivity index (χ0v) is 20.6. The SMILES string of the molecule is O=C(O)C[C@@H](c1ccc(O[C@@H]2CCc3c2ccc(C(F)(F)F)c3CN2CCC(F)CC2)cc1)c1ccon1. The number of hydrogen-bond donors (Lipinski definition) is 1. The Labute approximate surface area is 217 Å². The Morgan fingerprint density at radius 1 is 1.11 bits per heavy atom. The largest absolute Gasteiger partial charge is 0.486 e. The van der Waals surface area contributed by atoms with Crippen molar-refractivity contribution < 1.29 is 36.7 Å². The fourth-order valence-electron chi connectivity index (χ4n) is 5.50. The van der Waals surface area contributed by atoms with Gasteiger partial charge >= 0.3 is 12.1 Å². The summed E-state index contributed by atoms with van der Waals surface area (Å²) in [6.45, 7) is 1.01. The molecule has 0 unspecified atom stereocenters. The highest BCUT2D eigenvalue weighted by atomic mass is 19.4. The number of halogens is 4. The second kappa shape index (κ2) is 10.8.